The summed E-state index contributed by atoms with van der Waals surface area (Å²) in [6, 6.07) is 8.95. The van der Waals surface area contributed by atoms with Crippen molar-refractivity contribution in [2.75, 3.05) is 64.2 Å². The van der Waals surface area contributed by atoms with Crippen molar-refractivity contribution in [3.63, 3.8) is 0 Å². The van der Waals surface area contributed by atoms with E-state index in [2.05, 4.69) is 6.58 Å². The van der Waals surface area contributed by atoms with Crippen LogP contribution in [0.4, 0.5) is 14.5 Å². The number of phenolic OH excluding ortho intramolecular Hbond substituents is 1. The van der Waals surface area contributed by atoms with Gasteiger partial charge in [-0.15, -0.1) is 6.58 Å². The van der Waals surface area contributed by atoms with Crippen molar-refractivity contribution in [3.8, 4) is 33.9 Å². The third kappa shape index (κ3) is 8.56. The molecular weight excluding hydrogens is 612 g/mol. The van der Waals surface area contributed by atoms with Crippen LogP contribution in [0.25, 0.3) is 33.4 Å². The molecule has 3 N–H and O–H groups in total. The van der Waals surface area contributed by atoms with Crippen LogP contribution in [0.3, 0.4) is 0 Å². The Balaban J connectivity index is 1.83. The van der Waals surface area contributed by atoms with E-state index >= 15 is 0 Å². The van der Waals surface area contributed by atoms with E-state index in [-0.39, 0.29) is 79.7 Å². The van der Waals surface area contributed by atoms with E-state index in [1.165, 1.54) is 0 Å². The molecule has 2 aromatic carbocycles. The average molecular weight is 644 g/mol. The summed E-state index contributed by atoms with van der Waals surface area (Å²) in [5, 5.41) is 28.1. The number of hydrogen-bond donors (Lipinski definition) is 3. The van der Waals surface area contributed by atoms with Gasteiger partial charge in [-0.25, -0.2) is 18.4 Å². The zero-order valence-electron chi connectivity index (χ0n) is 24.5. The zero-order valence-corrected chi connectivity index (χ0v) is 24.5. The minimum atomic E-state index is -1.15. The Bertz CT molecular complexity index is 1720. The molecule has 0 amide bonds. The summed E-state index contributed by atoms with van der Waals surface area (Å²) in [5.74, 6) is -4.71. The predicted molar refractivity (Wildman–Crippen MR) is 162 cm³/mol. The average Bonchev–Trinajstić information content (AvgIpc) is 3.00. The molecule has 0 radical (unpaired) electrons. The molecule has 2 aliphatic rings. The van der Waals surface area contributed by atoms with Crippen molar-refractivity contribution in [3.05, 3.63) is 77.0 Å². The summed E-state index contributed by atoms with van der Waals surface area (Å²) in [6.45, 7) is 3.37. The molecule has 0 saturated heterocycles. The first-order valence-corrected chi connectivity index (χ1v) is 14.0. The lowest BCUT2D eigenvalue weighted by Crippen LogP contribution is -2.32. The Labute approximate surface area is 260 Å². The smallest absolute Gasteiger partial charge is 0.329 e. The van der Waals surface area contributed by atoms with E-state index in [0.717, 1.165) is 24.3 Å². The molecule has 1 aliphatic carbocycles. The molecule has 4 rings (SSSR count). The summed E-state index contributed by atoms with van der Waals surface area (Å²) in [7, 11) is 0. The molecule has 0 aromatic heterocycles. The Kier molecular flexibility index (Phi) is 11.6. The van der Waals surface area contributed by atoms with Crippen LogP contribution in [0.15, 0.2) is 64.3 Å². The number of aromatic hydroxyl groups is 1. The zero-order chi connectivity index (χ0) is 33.2. The highest BCUT2D eigenvalue weighted by Crippen LogP contribution is 2.44. The van der Waals surface area contributed by atoms with Gasteiger partial charge in [0, 0.05) is 41.7 Å². The lowest BCUT2D eigenvalue weighted by molar-refractivity contribution is -0.142. The number of phenols is 1. The number of carboxylic acids is 2. The summed E-state index contributed by atoms with van der Waals surface area (Å²) in [4.78, 5) is 35.7. The van der Waals surface area contributed by atoms with E-state index in [4.69, 9.17) is 33.6 Å². The second-order valence-electron chi connectivity index (χ2n) is 9.83. The fourth-order valence-corrected chi connectivity index (χ4v) is 4.66. The number of carbonyl (C=O) groups is 2. The first-order valence-electron chi connectivity index (χ1n) is 14.0. The van der Waals surface area contributed by atoms with Crippen LogP contribution in [0.5, 0.6) is 11.5 Å². The topological polar surface area (TPSA) is 165 Å². The molecule has 0 spiro atoms. The third-order valence-electron chi connectivity index (χ3n) is 6.61. The summed E-state index contributed by atoms with van der Waals surface area (Å²) < 4.78 is 56.9. The van der Waals surface area contributed by atoms with E-state index < -0.39 is 48.0 Å². The molecule has 0 bridgehead atoms. The Hall–Kier alpha value is -5.05. The molecule has 0 saturated carbocycles. The van der Waals surface area contributed by atoms with Crippen LogP contribution >= 0.6 is 0 Å². The lowest BCUT2D eigenvalue weighted by Gasteiger charge is -2.27. The van der Waals surface area contributed by atoms with Crippen molar-refractivity contribution < 1.29 is 57.1 Å². The molecule has 244 valence electrons. The van der Waals surface area contributed by atoms with E-state index in [0.29, 0.717) is 11.3 Å². The maximum atomic E-state index is 14.6. The highest BCUT2D eigenvalue weighted by molar-refractivity contribution is 6.02. The summed E-state index contributed by atoms with van der Waals surface area (Å²) in [5.41, 5.74) is 0.445. The fourth-order valence-electron chi connectivity index (χ4n) is 4.66. The second-order valence-corrected chi connectivity index (χ2v) is 9.83. The van der Waals surface area contributed by atoms with Crippen molar-refractivity contribution in [2.45, 2.75) is 0 Å². The molecule has 1 heterocycles. The van der Waals surface area contributed by atoms with Crippen LogP contribution in [-0.2, 0) is 23.8 Å². The van der Waals surface area contributed by atoms with Crippen molar-refractivity contribution >= 4 is 28.6 Å². The van der Waals surface area contributed by atoms with E-state index in [1.54, 1.807) is 29.2 Å². The highest BCUT2D eigenvalue weighted by Gasteiger charge is 2.23. The number of rotatable bonds is 18. The molecule has 14 heteroatoms. The molecular formula is C32H31F2NO11. The van der Waals surface area contributed by atoms with Crippen molar-refractivity contribution in [2.24, 2.45) is 0 Å². The number of hydrogen-bond acceptors (Lipinski definition) is 10. The normalized spacial score (nSPS) is 11.2. The molecule has 0 atom stereocenters. The number of nitrogens with zero attached hydrogens (tertiary/aromatic N) is 1. The minimum Gasteiger partial charge on any atom is -0.505 e. The first kappa shape index (κ1) is 33.8. The van der Waals surface area contributed by atoms with Gasteiger partial charge in [0.05, 0.1) is 32.1 Å². The molecule has 2 aromatic rings. The summed E-state index contributed by atoms with van der Waals surface area (Å²) >= 11 is 0. The molecule has 46 heavy (non-hydrogen) atoms. The third-order valence-corrected chi connectivity index (χ3v) is 6.61. The van der Waals surface area contributed by atoms with Crippen molar-refractivity contribution in [1.29, 1.82) is 0 Å². The maximum Gasteiger partial charge on any atom is 0.329 e. The van der Waals surface area contributed by atoms with Crippen LogP contribution in [0.2, 0.25) is 0 Å². The molecule has 1 aliphatic heterocycles. The fraction of sp³-hybridized carbons (Fsp3) is 0.281. The standard InChI is InChI=1S/C32H31F2NO11/c1-2-7-42-10-11-45-29-12-19(3-4-24(29)35(5-8-43-17-30(38)39)6-9-44-18-31(40)41)32-20-13-22(33)25(36)15-27(20)46-28-16-26(37)23(34)14-21(28)32/h2-4,12-16,36H,1,5-11,17-18H2,(H,38,39)(H,40,41). The number of aliphatic carboxylic acids is 2. The number of benzene rings is 3. The van der Waals surface area contributed by atoms with Gasteiger partial charge < -0.3 is 43.6 Å². The molecule has 0 fully saturated rings. The van der Waals surface area contributed by atoms with Gasteiger partial charge in [-0.3, -0.25) is 4.79 Å². The number of fused-ring (bicyclic) bond motifs is 2. The van der Waals surface area contributed by atoms with Gasteiger partial charge in [0.15, 0.2) is 17.4 Å². The highest BCUT2D eigenvalue weighted by atomic mass is 19.1. The quantitative estimate of drug-likeness (QED) is 0.0808. The minimum absolute atomic E-state index is 0.00272. The Morgan fingerprint density at radius 2 is 1.59 bits per heavy atom. The first-order chi connectivity index (χ1) is 22.1. The Morgan fingerprint density at radius 1 is 0.891 bits per heavy atom. The number of ether oxygens (including phenoxy) is 4. The predicted octanol–water partition coefficient (Wildman–Crippen LogP) is 4.14. The lowest BCUT2D eigenvalue weighted by atomic mass is 9.93. The van der Waals surface area contributed by atoms with Gasteiger partial charge in [-0.1, -0.05) is 12.1 Å². The van der Waals surface area contributed by atoms with Gasteiger partial charge in [0.1, 0.15) is 36.9 Å². The second kappa shape index (κ2) is 15.8. The number of anilines is 1. The Morgan fingerprint density at radius 3 is 2.24 bits per heavy atom. The van der Waals surface area contributed by atoms with E-state index in [9.17, 15) is 28.3 Å². The molecule has 12 nitrogen and oxygen atoms in total. The van der Waals surface area contributed by atoms with Crippen molar-refractivity contribution in [1.82, 2.24) is 0 Å². The van der Waals surface area contributed by atoms with Gasteiger partial charge in [0.25, 0.3) is 0 Å². The molecule has 0 unspecified atom stereocenters. The van der Waals surface area contributed by atoms with Gasteiger partial charge in [0.2, 0.25) is 5.43 Å². The van der Waals surface area contributed by atoms with Gasteiger partial charge in [-0.2, -0.15) is 0 Å². The van der Waals surface area contributed by atoms with Crippen LogP contribution in [0.1, 0.15) is 0 Å². The van der Waals surface area contributed by atoms with Crippen LogP contribution in [-0.4, -0.2) is 86.6 Å². The SMILES string of the molecule is C=CCOCCOc1cc(-c2c3cc(F)c(=O)cc-3oc3cc(O)c(F)cc23)ccc1N(CCOCC(=O)O)CCOCC(=O)O. The monoisotopic (exact) mass is 643 g/mol. The maximum absolute atomic E-state index is 14.6. The number of halogens is 2. The summed E-state index contributed by atoms with van der Waals surface area (Å²) in [6.07, 6.45) is 1.57. The van der Waals surface area contributed by atoms with Crippen LogP contribution in [0, 0.1) is 11.6 Å². The largest absolute Gasteiger partial charge is 0.505 e. The number of carboxylic acid groups (broad SMARTS) is 2. The van der Waals surface area contributed by atoms with Gasteiger partial charge >= 0.3 is 11.9 Å². The van der Waals surface area contributed by atoms with Gasteiger partial charge in [-0.05, 0) is 29.8 Å². The van der Waals surface area contributed by atoms with Crippen LogP contribution < -0.4 is 15.1 Å². The van der Waals surface area contributed by atoms with E-state index in [1.807, 2.05) is 0 Å².